The zero-order valence-electron chi connectivity index (χ0n) is 16.4. The van der Waals surface area contributed by atoms with Gasteiger partial charge in [-0.25, -0.2) is 0 Å². The molecule has 0 aliphatic rings. The first-order chi connectivity index (χ1) is 12.3. The quantitative estimate of drug-likeness (QED) is 0.458. The zero-order valence-corrected chi connectivity index (χ0v) is 19.8. The summed E-state index contributed by atoms with van der Waals surface area (Å²) in [7, 11) is 0. The first-order valence-electron chi connectivity index (χ1n) is 9.01. The van der Waals surface area contributed by atoms with Gasteiger partial charge in [-0.2, -0.15) is 0 Å². The minimum absolute atomic E-state index is 0.769. The van der Waals surface area contributed by atoms with Crippen molar-refractivity contribution >= 4 is 32.7 Å². The SMILES string of the molecule is Cc1cc(C)c(-c2cccc(-c3c(C)cc(C)cc3C)c2[Si]=[Te])c(C)c1. The van der Waals surface area contributed by atoms with E-state index in [-0.39, 0.29) is 0 Å². The summed E-state index contributed by atoms with van der Waals surface area (Å²) in [6.45, 7) is 14.1. The molecular weight excluding hydrogens is 444 g/mol. The predicted molar refractivity (Wildman–Crippen MR) is 117 cm³/mol. The van der Waals surface area contributed by atoms with Crippen molar-refractivity contribution in [3.8, 4) is 22.3 Å². The van der Waals surface area contributed by atoms with Gasteiger partial charge in [0.05, 0.1) is 0 Å². The molecule has 0 aliphatic heterocycles. The van der Waals surface area contributed by atoms with E-state index < -0.39 is 0 Å². The molecule has 0 fully saturated rings. The molecule has 0 unspecified atom stereocenters. The second-order valence-electron chi connectivity index (χ2n) is 7.38. The van der Waals surface area contributed by atoms with Gasteiger partial charge in [0.2, 0.25) is 0 Å². The standard InChI is InChI=1S/C24H25SiTe/c1-14-10-16(3)22(17(4)11-14)20-8-7-9-21(24(20)25-26)23-18(5)12-15(2)13-19(23)6/h7-13H,1-6H3. The van der Waals surface area contributed by atoms with Crippen molar-refractivity contribution in [1.29, 1.82) is 0 Å². The van der Waals surface area contributed by atoms with Crippen molar-refractivity contribution in [3.63, 3.8) is 0 Å². The predicted octanol–water partition coefficient (Wildman–Crippen LogP) is 5.28. The third-order valence-electron chi connectivity index (χ3n) is 5.06. The van der Waals surface area contributed by atoms with Crippen LogP contribution in [0.5, 0.6) is 0 Å². The van der Waals surface area contributed by atoms with E-state index in [1.54, 1.807) is 0 Å². The van der Waals surface area contributed by atoms with Gasteiger partial charge >= 0.3 is 172 Å². The molecule has 0 saturated heterocycles. The number of hydrogen-bond donors (Lipinski definition) is 0. The van der Waals surface area contributed by atoms with Crippen LogP contribution in [0.3, 0.4) is 0 Å². The van der Waals surface area contributed by atoms with Gasteiger partial charge in [-0.1, -0.05) is 0 Å². The van der Waals surface area contributed by atoms with Crippen molar-refractivity contribution in [1.82, 2.24) is 0 Å². The van der Waals surface area contributed by atoms with E-state index in [1.165, 1.54) is 60.8 Å². The molecule has 3 aromatic rings. The minimum atomic E-state index is 0.769. The molecule has 3 aromatic carbocycles. The summed E-state index contributed by atoms with van der Waals surface area (Å²) < 4.78 is 0. The molecule has 0 aliphatic carbocycles. The Kier molecular flexibility index (Phi) is 5.77. The van der Waals surface area contributed by atoms with Crippen molar-refractivity contribution in [2.45, 2.75) is 41.5 Å². The van der Waals surface area contributed by atoms with Gasteiger partial charge in [0.25, 0.3) is 0 Å². The Morgan fingerprint density at radius 3 is 1.27 bits per heavy atom. The number of aryl methyl sites for hydroxylation is 6. The van der Waals surface area contributed by atoms with E-state index in [1.807, 2.05) is 0 Å². The molecule has 1 radical (unpaired) electrons. The van der Waals surface area contributed by atoms with Crippen molar-refractivity contribution in [2.75, 3.05) is 0 Å². The number of hydrogen-bond acceptors (Lipinski definition) is 0. The van der Waals surface area contributed by atoms with Crippen LogP contribution in [0.15, 0.2) is 42.5 Å². The third kappa shape index (κ3) is 3.56. The molecule has 3 rings (SSSR count). The Hall–Kier alpha value is -1.33. The van der Waals surface area contributed by atoms with Crippen LogP contribution in [0.4, 0.5) is 0 Å². The average molecular weight is 469 g/mol. The van der Waals surface area contributed by atoms with Crippen LogP contribution in [0, 0.1) is 41.5 Å². The summed E-state index contributed by atoms with van der Waals surface area (Å²) in [6, 6.07) is 16.1. The van der Waals surface area contributed by atoms with Crippen molar-refractivity contribution in [3.05, 3.63) is 75.8 Å². The maximum absolute atomic E-state index is 2.31. The first-order valence-corrected chi connectivity index (χ1v) is 13.4. The van der Waals surface area contributed by atoms with Crippen LogP contribution in [-0.4, -0.2) is 27.6 Å². The van der Waals surface area contributed by atoms with E-state index in [4.69, 9.17) is 0 Å². The molecule has 0 saturated carbocycles. The molecule has 0 amide bonds. The van der Waals surface area contributed by atoms with Crippen LogP contribution < -0.4 is 5.19 Å². The molecule has 131 valence electrons. The van der Waals surface area contributed by atoms with Gasteiger partial charge in [-0.3, -0.25) is 0 Å². The summed E-state index contributed by atoms with van der Waals surface area (Å²) >= 11 is 2.23. The van der Waals surface area contributed by atoms with Gasteiger partial charge in [-0.15, -0.1) is 0 Å². The molecule has 0 spiro atoms. The fourth-order valence-electron chi connectivity index (χ4n) is 4.29. The Bertz CT molecular complexity index is 893. The van der Waals surface area contributed by atoms with E-state index in [9.17, 15) is 0 Å². The van der Waals surface area contributed by atoms with Gasteiger partial charge in [-0.05, 0) is 0 Å². The van der Waals surface area contributed by atoms with Crippen LogP contribution in [0.25, 0.3) is 22.3 Å². The molecule has 0 heterocycles. The van der Waals surface area contributed by atoms with Crippen LogP contribution in [-0.2, 0) is 0 Å². The summed E-state index contributed by atoms with van der Waals surface area (Å²) in [6.07, 6.45) is 0. The molecule has 2 heteroatoms. The fraction of sp³-hybridized carbons (Fsp3) is 0.250. The monoisotopic (exact) mass is 471 g/mol. The molecular formula is C24H25SiTe. The zero-order chi connectivity index (χ0) is 19.0. The van der Waals surface area contributed by atoms with E-state index in [0.717, 1.165) is 6.58 Å². The maximum atomic E-state index is 2.31. The second kappa shape index (κ2) is 7.73. The Morgan fingerprint density at radius 1 is 0.615 bits per heavy atom. The molecule has 0 bridgehead atoms. The van der Waals surface area contributed by atoms with E-state index >= 15 is 0 Å². The van der Waals surface area contributed by atoms with E-state index in [2.05, 4.69) is 105 Å². The summed E-state index contributed by atoms with van der Waals surface area (Å²) in [5, 5.41) is 1.49. The van der Waals surface area contributed by atoms with Gasteiger partial charge in [0.15, 0.2) is 0 Å². The summed E-state index contributed by atoms with van der Waals surface area (Å²) in [5.74, 6) is 0. The van der Waals surface area contributed by atoms with Crippen LogP contribution in [0.2, 0.25) is 0 Å². The van der Waals surface area contributed by atoms with Crippen LogP contribution in [0.1, 0.15) is 33.4 Å². The number of rotatable bonds is 3. The molecule has 26 heavy (non-hydrogen) atoms. The van der Waals surface area contributed by atoms with Gasteiger partial charge in [0, 0.05) is 0 Å². The normalized spacial score (nSPS) is 10.8. The molecule has 0 aromatic heterocycles. The molecule has 0 nitrogen and oxygen atoms in total. The van der Waals surface area contributed by atoms with Crippen molar-refractivity contribution < 1.29 is 0 Å². The molecule has 0 atom stereocenters. The van der Waals surface area contributed by atoms with Gasteiger partial charge in [0.1, 0.15) is 0 Å². The fourth-order valence-corrected chi connectivity index (χ4v) is 6.81. The average Bonchev–Trinajstić information content (AvgIpc) is 2.53. The number of benzene rings is 3. The Morgan fingerprint density at radius 2 is 0.962 bits per heavy atom. The molecule has 0 N–H and O–H groups in total. The van der Waals surface area contributed by atoms with Crippen molar-refractivity contribution in [2.24, 2.45) is 0 Å². The third-order valence-corrected chi connectivity index (χ3v) is 7.55. The van der Waals surface area contributed by atoms with Gasteiger partial charge < -0.3 is 0 Å². The summed E-state index contributed by atoms with van der Waals surface area (Å²) in [5.41, 5.74) is 13.8. The first kappa shape index (κ1) is 19.4. The van der Waals surface area contributed by atoms with Crippen LogP contribution >= 0.6 is 0 Å². The second-order valence-corrected chi connectivity index (χ2v) is 9.83. The topological polar surface area (TPSA) is 0 Å². The van der Waals surface area contributed by atoms with E-state index in [0.29, 0.717) is 0 Å². The Balaban J connectivity index is 2.34. The Labute approximate surface area is 171 Å². The summed E-state index contributed by atoms with van der Waals surface area (Å²) in [4.78, 5) is 0.